The highest BCUT2D eigenvalue weighted by Gasteiger charge is 2.52. The molecule has 2 aliphatic rings. The van der Waals surface area contributed by atoms with E-state index in [2.05, 4.69) is 246 Å². The number of rotatable bonds is 6. The Kier molecular flexibility index (Phi) is 8.13. The molecule has 0 fully saturated rings. The van der Waals surface area contributed by atoms with Gasteiger partial charge in [0.15, 0.2) is 0 Å². The quantitative estimate of drug-likeness (QED) is 0.167. The Morgan fingerprint density at radius 1 is 0.359 bits per heavy atom. The molecule has 11 aromatic rings. The van der Waals surface area contributed by atoms with E-state index in [4.69, 9.17) is 4.42 Å². The van der Waals surface area contributed by atoms with Gasteiger partial charge in [0.05, 0.1) is 28.2 Å². The third-order valence-electron chi connectivity index (χ3n) is 13.5. The summed E-state index contributed by atoms with van der Waals surface area (Å²) in [5, 5.41) is 2.23. The van der Waals surface area contributed by atoms with E-state index in [1.54, 1.807) is 0 Å². The number of benzene rings is 10. The number of furan rings is 1. The predicted molar refractivity (Wildman–Crippen MR) is 265 cm³/mol. The molecule has 1 aromatic heterocycles. The molecular formula is C61H40N2O. The van der Waals surface area contributed by atoms with Crippen molar-refractivity contribution in [2.24, 2.45) is 0 Å². The van der Waals surface area contributed by atoms with Crippen LogP contribution in [0.3, 0.4) is 0 Å². The molecule has 10 aromatic carbocycles. The summed E-state index contributed by atoms with van der Waals surface area (Å²) in [5.41, 5.74) is 19.9. The number of anilines is 6. The molecule has 0 radical (unpaired) electrons. The largest absolute Gasteiger partial charge is 0.455 e. The summed E-state index contributed by atoms with van der Waals surface area (Å²) in [4.78, 5) is 4.92. The van der Waals surface area contributed by atoms with Crippen LogP contribution in [0.5, 0.6) is 0 Å². The molecule has 300 valence electrons. The minimum atomic E-state index is -0.595. The van der Waals surface area contributed by atoms with Gasteiger partial charge in [0.1, 0.15) is 11.2 Å². The smallest absolute Gasteiger partial charge is 0.143 e. The van der Waals surface area contributed by atoms with Crippen LogP contribution in [-0.2, 0) is 5.41 Å². The molecule has 13 rings (SSSR count). The fourth-order valence-electron chi connectivity index (χ4n) is 10.9. The first-order valence-corrected chi connectivity index (χ1v) is 22.0. The molecule has 0 bridgehead atoms. The van der Waals surface area contributed by atoms with E-state index in [1.165, 1.54) is 55.9 Å². The lowest BCUT2D eigenvalue weighted by Gasteiger charge is -2.45. The second-order valence-electron chi connectivity index (χ2n) is 16.7. The van der Waals surface area contributed by atoms with Crippen molar-refractivity contribution in [3.05, 3.63) is 265 Å². The van der Waals surface area contributed by atoms with Crippen molar-refractivity contribution in [2.75, 3.05) is 9.80 Å². The lowest BCUT2D eigenvalue weighted by molar-refractivity contribution is 0.670. The summed E-state index contributed by atoms with van der Waals surface area (Å²) in [7, 11) is 0. The molecule has 0 saturated heterocycles. The van der Waals surface area contributed by atoms with Gasteiger partial charge in [-0.15, -0.1) is 0 Å². The summed E-state index contributed by atoms with van der Waals surface area (Å²) in [6.07, 6.45) is 0. The van der Waals surface area contributed by atoms with Crippen LogP contribution < -0.4 is 9.80 Å². The minimum absolute atomic E-state index is 0.595. The number of fused-ring (bicyclic) bond motifs is 12. The van der Waals surface area contributed by atoms with Gasteiger partial charge in [0.2, 0.25) is 0 Å². The zero-order chi connectivity index (χ0) is 42.2. The van der Waals surface area contributed by atoms with Crippen molar-refractivity contribution >= 4 is 56.1 Å². The maximum atomic E-state index is 6.73. The average molecular weight is 817 g/mol. The molecule has 0 amide bonds. The van der Waals surface area contributed by atoms with Crippen molar-refractivity contribution in [1.82, 2.24) is 0 Å². The van der Waals surface area contributed by atoms with Crippen LogP contribution in [0.4, 0.5) is 34.1 Å². The topological polar surface area (TPSA) is 19.6 Å². The van der Waals surface area contributed by atoms with Crippen LogP contribution in [0.1, 0.15) is 22.3 Å². The van der Waals surface area contributed by atoms with E-state index in [-0.39, 0.29) is 0 Å². The van der Waals surface area contributed by atoms with Crippen molar-refractivity contribution in [1.29, 1.82) is 0 Å². The molecular weight excluding hydrogens is 777 g/mol. The van der Waals surface area contributed by atoms with E-state index in [0.717, 1.165) is 55.8 Å². The Hall–Kier alpha value is -8.40. The van der Waals surface area contributed by atoms with Crippen molar-refractivity contribution < 1.29 is 4.42 Å². The van der Waals surface area contributed by atoms with Crippen LogP contribution in [0.2, 0.25) is 0 Å². The first-order valence-electron chi connectivity index (χ1n) is 22.0. The van der Waals surface area contributed by atoms with Crippen LogP contribution in [-0.4, -0.2) is 0 Å². The first-order chi connectivity index (χ1) is 31.8. The second-order valence-corrected chi connectivity index (χ2v) is 16.7. The molecule has 0 N–H and O–H groups in total. The number of hydrogen-bond acceptors (Lipinski definition) is 3. The van der Waals surface area contributed by atoms with Gasteiger partial charge in [-0.25, -0.2) is 0 Å². The average Bonchev–Trinajstić information content (AvgIpc) is 3.90. The van der Waals surface area contributed by atoms with Crippen molar-refractivity contribution in [3.8, 4) is 33.4 Å². The zero-order valence-corrected chi connectivity index (χ0v) is 34.9. The van der Waals surface area contributed by atoms with Crippen molar-refractivity contribution in [3.63, 3.8) is 0 Å². The maximum absolute atomic E-state index is 6.73. The highest BCUT2D eigenvalue weighted by molar-refractivity contribution is 6.11. The fraction of sp³-hybridized carbons (Fsp3) is 0.0164. The Morgan fingerprint density at radius 3 is 1.66 bits per heavy atom. The Bertz CT molecular complexity index is 3520. The van der Waals surface area contributed by atoms with Gasteiger partial charge in [-0.1, -0.05) is 188 Å². The summed E-state index contributed by atoms with van der Waals surface area (Å²) in [6.45, 7) is 0. The maximum Gasteiger partial charge on any atom is 0.143 e. The van der Waals surface area contributed by atoms with Gasteiger partial charge in [-0.3, -0.25) is 0 Å². The highest BCUT2D eigenvalue weighted by Crippen LogP contribution is 2.65. The van der Waals surface area contributed by atoms with Gasteiger partial charge in [0.25, 0.3) is 0 Å². The number of nitrogens with zero attached hydrogens (tertiary/aromatic N) is 2. The lowest BCUT2D eigenvalue weighted by atomic mass is 9.64. The van der Waals surface area contributed by atoms with Gasteiger partial charge in [-0.2, -0.15) is 0 Å². The molecule has 3 heteroatoms. The second kappa shape index (κ2) is 14.3. The first kappa shape index (κ1) is 36.3. The van der Waals surface area contributed by atoms with Crippen LogP contribution in [0, 0.1) is 0 Å². The summed E-state index contributed by atoms with van der Waals surface area (Å²) >= 11 is 0. The standard InChI is InChI=1S/C61H40N2O/c1-3-19-41(20-4-1)42-37-39-44(40-38-42)62(54-32-13-8-23-45(54)47-26-17-27-48-46-24-9-16-36-58(46)64-60(47)48)57-35-18-31-53-59(57)49-25-7-10-28-50(49)61(53)51-29-11-14-33-55(51)63(43-21-5-2-6-22-43)56-34-15-12-30-52(56)61/h1-40H. The molecule has 0 atom stereocenters. The Morgan fingerprint density at radius 2 is 0.891 bits per heavy atom. The Balaban J connectivity index is 1.10. The summed E-state index contributed by atoms with van der Waals surface area (Å²) in [5.74, 6) is 0. The van der Waals surface area contributed by atoms with E-state index >= 15 is 0 Å². The predicted octanol–water partition coefficient (Wildman–Crippen LogP) is 16.5. The molecule has 0 unspecified atom stereocenters. The normalized spacial score (nSPS) is 13.1. The van der Waals surface area contributed by atoms with Gasteiger partial charge in [-0.05, 0) is 93.5 Å². The van der Waals surface area contributed by atoms with Crippen LogP contribution in [0.15, 0.2) is 247 Å². The monoisotopic (exact) mass is 816 g/mol. The van der Waals surface area contributed by atoms with Gasteiger partial charge >= 0.3 is 0 Å². The number of para-hydroxylation sites is 6. The molecule has 64 heavy (non-hydrogen) atoms. The third-order valence-corrected chi connectivity index (χ3v) is 13.5. The van der Waals surface area contributed by atoms with E-state index in [9.17, 15) is 0 Å². The third kappa shape index (κ3) is 5.22. The SMILES string of the molecule is c1ccc(-c2ccc(N(c3ccccc3-c3cccc4c3oc3ccccc34)c3cccc4c3-c3ccccc3C43c4ccccc4N(c4ccccc4)c4ccccc43)cc2)cc1. The van der Waals surface area contributed by atoms with E-state index < -0.39 is 5.41 Å². The van der Waals surface area contributed by atoms with Crippen LogP contribution in [0.25, 0.3) is 55.3 Å². The van der Waals surface area contributed by atoms with E-state index in [1.807, 2.05) is 6.07 Å². The van der Waals surface area contributed by atoms with Crippen LogP contribution >= 0.6 is 0 Å². The fourth-order valence-corrected chi connectivity index (χ4v) is 10.9. The molecule has 0 saturated carbocycles. The summed E-state index contributed by atoms with van der Waals surface area (Å²) in [6, 6.07) is 88.3. The van der Waals surface area contributed by atoms with Gasteiger partial charge in [0, 0.05) is 38.8 Å². The van der Waals surface area contributed by atoms with Gasteiger partial charge < -0.3 is 14.2 Å². The zero-order valence-electron chi connectivity index (χ0n) is 34.9. The Labute approximate surface area is 372 Å². The molecule has 1 aliphatic carbocycles. The molecule has 1 spiro atoms. The highest BCUT2D eigenvalue weighted by atomic mass is 16.3. The molecule has 3 nitrogen and oxygen atoms in total. The lowest BCUT2D eigenvalue weighted by Crippen LogP contribution is -2.36. The molecule has 1 aliphatic heterocycles. The van der Waals surface area contributed by atoms with E-state index in [0.29, 0.717) is 0 Å². The molecule has 2 heterocycles. The van der Waals surface area contributed by atoms with Crippen molar-refractivity contribution in [2.45, 2.75) is 5.41 Å². The summed E-state index contributed by atoms with van der Waals surface area (Å²) < 4.78 is 6.73. The minimum Gasteiger partial charge on any atom is -0.455 e. The number of hydrogen-bond donors (Lipinski definition) is 0.